The van der Waals surface area contributed by atoms with Crippen LogP contribution in [0.3, 0.4) is 0 Å². The highest BCUT2D eigenvalue weighted by Gasteiger charge is 2.26. The van der Waals surface area contributed by atoms with Gasteiger partial charge in [0, 0.05) is 24.0 Å². The monoisotopic (exact) mass is 483 g/mol. The summed E-state index contributed by atoms with van der Waals surface area (Å²) in [6.07, 6.45) is 1.34. The molecule has 3 aromatic rings. The van der Waals surface area contributed by atoms with Crippen molar-refractivity contribution < 1.29 is 13.2 Å². The van der Waals surface area contributed by atoms with Crippen molar-refractivity contribution in [2.24, 2.45) is 0 Å². The molecular formula is C25H29N3O3S2. The number of hydrogen-bond acceptors (Lipinski definition) is 5. The summed E-state index contributed by atoms with van der Waals surface area (Å²) in [4.78, 5) is 16.4. The van der Waals surface area contributed by atoms with Gasteiger partial charge in [-0.05, 0) is 48.9 Å². The lowest BCUT2D eigenvalue weighted by Gasteiger charge is -2.32. The highest BCUT2D eigenvalue weighted by molar-refractivity contribution is 7.89. The highest BCUT2D eigenvalue weighted by atomic mass is 32.2. The van der Waals surface area contributed by atoms with Crippen LogP contribution in [0.15, 0.2) is 77.0 Å². The van der Waals surface area contributed by atoms with E-state index >= 15 is 0 Å². The van der Waals surface area contributed by atoms with Crippen LogP contribution in [0.2, 0.25) is 0 Å². The predicted octanol–water partition coefficient (Wildman–Crippen LogP) is 3.71. The van der Waals surface area contributed by atoms with E-state index in [4.69, 9.17) is 0 Å². The molecule has 0 spiro atoms. The quantitative estimate of drug-likeness (QED) is 0.512. The summed E-state index contributed by atoms with van der Waals surface area (Å²) in [5, 5.41) is 5.21. The lowest BCUT2D eigenvalue weighted by molar-refractivity contribution is -0.123. The minimum absolute atomic E-state index is 0.0303. The molecule has 6 nitrogen and oxygen atoms in total. The number of aryl methyl sites for hydroxylation is 1. The van der Waals surface area contributed by atoms with Crippen LogP contribution in [0, 0.1) is 6.92 Å². The molecule has 0 radical (unpaired) electrons. The summed E-state index contributed by atoms with van der Waals surface area (Å²) < 4.78 is 27.9. The van der Waals surface area contributed by atoms with E-state index in [1.54, 1.807) is 41.7 Å². The molecule has 0 saturated carbocycles. The second-order valence-electron chi connectivity index (χ2n) is 8.41. The van der Waals surface area contributed by atoms with Gasteiger partial charge in [0.2, 0.25) is 15.9 Å². The topological polar surface area (TPSA) is 78.5 Å². The third kappa shape index (κ3) is 6.29. The number of rotatable bonds is 8. The van der Waals surface area contributed by atoms with Crippen molar-refractivity contribution in [3.63, 3.8) is 0 Å². The number of amides is 1. The van der Waals surface area contributed by atoms with Gasteiger partial charge in [-0.1, -0.05) is 54.1 Å². The Kier molecular flexibility index (Phi) is 7.60. The summed E-state index contributed by atoms with van der Waals surface area (Å²) in [5.74, 6) is -0.0303. The van der Waals surface area contributed by atoms with Gasteiger partial charge in [-0.15, -0.1) is 11.3 Å². The van der Waals surface area contributed by atoms with E-state index in [-0.39, 0.29) is 22.9 Å². The molecule has 174 valence electrons. The third-order valence-corrected chi connectivity index (χ3v) is 8.35. The zero-order valence-corrected chi connectivity index (χ0v) is 20.2. The van der Waals surface area contributed by atoms with E-state index in [0.29, 0.717) is 32.5 Å². The predicted molar refractivity (Wildman–Crippen MR) is 132 cm³/mol. The fourth-order valence-corrected chi connectivity index (χ4v) is 6.17. The van der Waals surface area contributed by atoms with Gasteiger partial charge < -0.3 is 5.32 Å². The summed E-state index contributed by atoms with van der Waals surface area (Å²) in [5.41, 5.74) is 2.24. The Labute approximate surface area is 199 Å². The number of thiophene rings is 1. The van der Waals surface area contributed by atoms with Crippen molar-refractivity contribution in [2.75, 3.05) is 19.6 Å². The molecule has 4 rings (SSSR count). The van der Waals surface area contributed by atoms with Crippen LogP contribution >= 0.6 is 11.3 Å². The molecule has 1 unspecified atom stereocenters. The van der Waals surface area contributed by atoms with Gasteiger partial charge in [0.1, 0.15) is 0 Å². The first kappa shape index (κ1) is 23.6. The summed E-state index contributed by atoms with van der Waals surface area (Å²) >= 11 is 1.63. The summed E-state index contributed by atoms with van der Waals surface area (Å²) in [7, 11) is -3.52. The lowest BCUT2D eigenvalue weighted by atomic mass is 10.0. The average molecular weight is 484 g/mol. The number of hydrogen-bond donors (Lipinski definition) is 2. The Morgan fingerprint density at radius 3 is 2.36 bits per heavy atom. The molecule has 1 aliphatic heterocycles. The van der Waals surface area contributed by atoms with Crippen LogP contribution in [0.5, 0.6) is 0 Å². The third-order valence-electron chi connectivity index (χ3n) is 5.87. The second kappa shape index (κ2) is 10.6. The zero-order valence-electron chi connectivity index (χ0n) is 18.6. The van der Waals surface area contributed by atoms with Crippen molar-refractivity contribution in [1.82, 2.24) is 14.9 Å². The summed E-state index contributed by atoms with van der Waals surface area (Å²) in [6, 6.07) is 20.4. The van der Waals surface area contributed by atoms with E-state index < -0.39 is 10.0 Å². The van der Waals surface area contributed by atoms with Gasteiger partial charge >= 0.3 is 0 Å². The Morgan fingerprint density at radius 2 is 1.73 bits per heavy atom. The number of carbonyl (C=O) groups excluding carboxylic acids is 1. The minimum Gasteiger partial charge on any atom is -0.343 e. The number of benzene rings is 2. The first-order valence-corrected chi connectivity index (χ1v) is 13.5. The Bertz CT molecular complexity index is 1140. The van der Waals surface area contributed by atoms with Gasteiger partial charge in [-0.2, -0.15) is 0 Å². The van der Waals surface area contributed by atoms with Gasteiger partial charge in [-0.3, -0.25) is 9.69 Å². The number of sulfonamides is 1. The van der Waals surface area contributed by atoms with Gasteiger partial charge in [0.15, 0.2) is 0 Å². The summed E-state index contributed by atoms with van der Waals surface area (Å²) in [6.45, 7) is 3.69. The van der Waals surface area contributed by atoms with Crippen LogP contribution in [0.4, 0.5) is 0 Å². The van der Waals surface area contributed by atoms with E-state index in [2.05, 4.69) is 39.2 Å². The van der Waals surface area contributed by atoms with Crippen LogP contribution in [-0.4, -0.2) is 44.9 Å². The fourth-order valence-electron chi connectivity index (χ4n) is 4.04. The van der Waals surface area contributed by atoms with E-state index in [9.17, 15) is 13.2 Å². The molecule has 1 aromatic heterocycles. The molecule has 1 saturated heterocycles. The molecule has 0 bridgehead atoms. The maximum Gasteiger partial charge on any atom is 0.240 e. The maximum absolute atomic E-state index is 12.9. The Balaban J connectivity index is 1.31. The first-order valence-electron chi connectivity index (χ1n) is 11.1. The number of nitrogens with one attached hydrogen (secondary N) is 2. The van der Waals surface area contributed by atoms with Crippen LogP contribution < -0.4 is 10.0 Å². The standard InChI is InChI=1S/C25H29N3O3S2/c1-19-9-11-20(12-10-19)25(23-8-5-17-32-23)26-24(29)18-28-15-13-21(14-16-28)27-33(30,31)22-6-3-2-4-7-22/h2-12,17,21,25,27H,13-16,18H2,1H3,(H,26,29). The highest BCUT2D eigenvalue weighted by Crippen LogP contribution is 2.26. The molecule has 2 heterocycles. The molecule has 1 atom stereocenters. The minimum atomic E-state index is -3.52. The number of piperidine rings is 1. The van der Waals surface area contributed by atoms with Crippen LogP contribution in [-0.2, 0) is 14.8 Å². The Morgan fingerprint density at radius 1 is 1.03 bits per heavy atom. The number of carbonyl (C=O) groups is 1. The largest absolute Gasteiger partial charge is 0.343 e. The molecule has 1 aliphatic rings. The van der Waals surface area contributed by atoms with E-state index in [1.807, 2.05) is 24.4 Å². The number of likely N-dealkylation sites (tertiary alicyclic amines) is 1. The molecule has 0 aliphatic carbocycles. The molecule has 2 N–H and O–H groups in total. The van der Waals surface area contributed by atoms with Crippen LogP contribution in [0.1, 0.15) is 34.9 Å². The van der Waals surface area contributed by atoms with Crippen molar-refractivity contribution in [2.45, 2.75) is 36.7 Å². The first-order chi connectivity index (χ1) is 15.9. The number of nitrogens with zero attached hydrogens (tertiary/aromatic N) is 1. The normalized spacial score (nSPS) is 16.4. The molecule has 1 amide bonds. The van der Waals surface area contributed by atoms with Crippen molar-refractivity contribution in [1.29, 1.82) is 0 Å². The van der Waals surface area contributed by atoms with E-state index in [0.717, 1.165) is 10.4 Å². The maximum atomic E-state index is 12.9. The molecule has 2 aromatic carbocycles. The molecule has 8 heteroatoms. The lowest BCUT2D eigenvalue weighted by Crippen LogP contribution is -2.47. The second-order valence-corrected chi connectivity index (χ2v) is 11.1. The molecule has 33 heavy (non-hydrogen) atoms. The van der Waals surface area contributed by atoms with Crippen molar-refractivity contribution in [3.8, 4) is 0 Å². The van der Waals surface area contributed by atoms with Gasteiger partial charge in [-0.25, -0.2) is 13.1 Å². The zero-order chi connectivity index (χ0) is 23.3. The van der Waals surface area contributed by atoms with Gasteiger partial charge in [0.25, 0.3) is 0 Å². The van der Waals surface area contributed by atoms with E-state index in [1.165, 1.54) is 5.56 Å². The van der Waals surface area contributed by atoms with Crippen molar-refractivity contribution >= 4 is 27.3 Å². The average Bonchev–Trinajstić information content (AvgIpc) is 3.35. The Hall–Kier alpha value is -2.52. The molecular weight excluding hydrogens is 454 g/mol. The van der Waals surface area contributed by atoms with Crippen molar-refractivity contribution in [3.05, 3.63) is 88.1 Å². The fraction of sp³-hybridized carbons (Fsp3) is 0.320. The molecule has 1 fully saturated rings. The van der Waals surface area contributed by atoms with Crippen LogP contribution in [0.25, 0.3) is 0 Å². The SMILES string of the molecule is Cc1ccc(C(NC(=O)CN2CCC(NS(=O)(=O)c3ccccc3)CC2)c2cccs2)cc1. The smallest absolute Gasteiger partial charge is 0.240 e. The van der Waals surface area contributed by atoms with Gasteiger partial charge in [0.05, 0.1) is 17.5 Å².